The summed E-state index contributed by atoms with van der Waals surface area (Å²) in [5.74, 6) is -0.695. The highest BCUT2D eigenvalue weighted by Gasteiger charge is 2.42. The summed E-state index contributed by atoms with van der Waals surface area (Å²) in [5, 5.41) is 0. The van der Waals surface area contributed by atoms with E-state index in [4.69, 9.17) is 10.5 Å². The monoisotopic (exact) mass is 352 g/mol. The van der Waals surface area contributed by atoms with Crippen molar-refractivity contribution in [2.24, 2.45) is 5.73 Å². The number of ether oxygens (including phenoxy) is 2. The van der Waals surface area contributed by atoms with E-state index >= 15 is 0 Å². The lowest BCUT2D eigenvalue weighted by Crippen LogP contribution is -2.50. The van der Waals surface area contributed by atoms with Crippen molar-refractivity contribution in [3.05, 3.63) is 18.6 Å². The molecule has 1 rings (SSSR count). The number of allylic oxidation sites excluding steroid dienone is 1. The predicted octanol–water partition coefficient (Wildman–Crippen LogP) is 4.84. The first-order valence-electron chi connectivity index (χ1n) is 9.78. The number of hydrogen-bond acceptors (Lipinski definition) is 4. The fourth-order valence-electron chi connectivity index (χ4n) is 2.96. The molecule has 25 heavy (non-hydrogen) atoms. The molecule has 1 radical (unpaired) electrons. The van der Waals surface area contributed by atoms with Crippen LogP contribution in [0.4, 0.5) is 4.79 Å². The van der Waals surface area contributed by atoms with Crippen LogP contribution in [0.3, 0.4) is 0 Å². The first-order valence-corrected chi connectivity index (χ1v) is 9.78. The Hall–Kier alpha value is -1.52. The lowest BCUT2D eigenvalue weighted by atomic mass is 9.97. The minimum absolute atomic E-state index is 0.0323. The van der Waals surface area contributed by atoms with Crippen LogP contribution in [0.25, 0.3) is 0 Å². The summed E-state index contributed by atoms with van der Waals surface area (Å²) in [7, 11) is 0. The van der Waals surface area contributed by atoms with Crippen LogP contribution in [-0.4, -0.2) is 24.3 Å². The molecule has 1 atom stereocenters. The molecule has 0 saturated carbocycles. The lowest BCUT2D eigenvalue weighted by Gasteiger charge is -2.30. The third-order valence-corrected chi connectivity index (χ3v) is 4.56. The molecule has 5 nitrogen and oxygen atoms in total. The Kier molecular flexibility index (Phi) is 11.0. The molecule has 0 aromatic heterocycles. The van der Waals surface area contributed by atoms with Gasteiger partial charge in [-0.25, -0.2) is 4.79 Å². The van der Waals surface area contributed by atoms with Crippen LogP contribution >= 0.6 is 0 Å². The van der Waals surface area contributed by atoms with Gasteiger partial charge in [-0.15, -0.1) is 0 Å². The van der Waals surface area contributed by atoms with E-state index in [-0.39, 0.29) is 6.61 Å². The van der Waals surface area contributed by atoms with E-state index in [9.17, 15) is 9.59 Å². The molecule has 1 heterocycles. The number of rotatable bonds is 14. The fourth-order valence-corrected chi connectivity index (χ4v) is 2.96. The Morgan fingerprint density at radius 3 is 2.16 bits per heavy atom. The van der Waals surface area contributed by atoms with Crippen LogP contribution in [0.5, 0.6) is 0 Å². The Labute approximate surface area is 152 Å². The minimum Gasteiger partial charge on any atom is -0.434 e. The summed E-state index contributed by atoms with van der Waals surface area (Å²) in [6.07, 6.45) is 19.2. The Morgan fingerprint density at radius 2 is 1.64 bits per heavy atom. The van der Waals surface area contributed by atoms with Gasteiger partial charge in [0.25, 0.3) is 5.91 Å². The van der Waals surface area contributed by atoms with Crippen molar-refractivity contribution in [1.29, 1.82) is 0 Å². The first-order chi connectivity index (χ1) is 12.1. The van der Waals surface area contributed by atoms with Gasteiger partial charge in [-0.1, -0.05) is 77.2 Å². The van der Waals surface area contributed by atoms with Gasteiger partial charge in [0.05, 0.1) is 6.42 Å². The van der Waals surface area contributed by atoms with Crippen LogP contribution in [-0.2, 0) is 14.3 Å². The summed E-state index contributed by atoms with van der Waals surface area (Å²) < 4.78 is 9.61. The highest BCUT2D eigenvalue weighted by atomic mass is 16.7. The van der Waals surface area contributed by atoms with Crippen LogP contribution in [0, 0.1) is 6.42 Å². The molecule has 1 unspecified atom stereocenters. The maximum atomic E-state index is 11.6. The molecule has 0 bridgehead atoms. The highest BCUT2D eigenvalue weighted by Crippen LogP contribution is 2.23. The zero-order valence-electron chi connectivity index (χ0n) is 15.6. The Balaban J connectivity index is 2.05. The van der Waals surface area contributed by atoms with E-state index in [1.54, 1.807) is 6.08 Å². The van der Waals surface area contributed by atoms with Crippen molar-refractivity contribution in [3.63, 3.8) is 0 Å². The van der Waals surface area contributed by atoms with E-state index in [0.29, 0.717) is 0 Å². The molecule has 0 aromatic rings. The number of cyclic esters (lactones) is 2. The molecule has 1 aliphatic rings. The molecule has 0 aromatic carbocycles. The van der Waals surface area contributed by atoms with Gasteiger partial charge in [0.1, 0.15) is 6.61 Å². The molecular formula is C20H34NO4. The second-order valence-electron chi connectivity index (χ2n) is 6.75. The normalized spacial score (nSPS) is 20.4. The average Bonchev–Trinajstić information content (AvgIpc) is 2.59. The Bertz CT molecular complexity index is 422. The van der Waals surface area contributed by atoms with Crippen molar-refractivity contribution in [2.45, 2.75) is 89.6 Å². The maximum absolute atomic E-state index is 11.6. The average molecular weight is 352 g/mol. The lowest BCUT2D eigenvalue weighted by molar-refractivity contribution is -0.135. The largest absolute Gasteiger partial charge is 0.509 e. The van der Waals surface area contributed by atoms with Gasteiger partial charge in [0.15, 0.2) is 0 Å². The fraction of sp³-hybridized carbons (Fsp3) is 0.750. The number of hydrogen-bond donors (Lipinski definition) is 1. The summed E-state index contributed by atoms with van der Waals surface area (Å²) in [5.41, 5.74) is 3.91. The van der Waals surface area contributed by atoms with Crippen molar-refractivity contribution < 1.29 is 19.1 Å². The number of amides is 1. The highest BCUT2D eigenvalue weighted by molar-refractivity contribution is 5.90. The summed E-state index contributed by atoms with van der Waals surface area (Å²) in [6.45, 7) is 2.28. The molecule has 0 aliphatic carbocycles. The third kappa shape index (κ3) is 8.94. The van der Waals surface area contributed by atoms with Crippen LogP contribution in [0.2, 0.25) is 0 Å². The number of unbranched alkanes of at least 4 members (excludes halogenated alkanes) is 11. The quantitative estimate of drug-likeness (QED) is 0.276. The first kappa shape index (κ1) is 21.5. The van der Waals surface area contributed by atoms with Gasteiger partial charge in [-0.3, -0.25) is 4.79 Å². The van der Waals surface area contributed by atoms with E-state index in [1.165, 1.54) is 70.6 Å². The van der Waals surface area contributed by atoms with Crippen molar-refractivity contribution in [1.82, 2.24) is 0 Å². The molecule has 0 spiro atoms. The molecule has 1 amide bonds. The smallest absolute Gasteiger partial charge is 0.434 e. The number of carbonyl (C=O) groups excluding carboxylic acids is 2. The van der Waals surface area contributed by atoms with E-state index in [2.05, 4.69) is 11.7 Å². The van der Waals surface area contributed by atoms with Crippen LogP contribution in [0.15, 0.2) is 12.2 Å². The summed E-state index contributed by atoms with van der Waals surface area (Å²) in [4.78, 5) is 22.8. The Morgan fingerprint density at radius 1 is 1.08 bits per heavy atom. The van der Waals surface area contributed by atoms with Gasteiger partial charge >= 0.3 is 6.16 Å². The van der Waals surface area contributed by atoms with Crippen molar-refractivity contribution in [3.8, 4) is 0 Å². The topological polar surface area (TPSA) is 78.6 Å². The zero-order valence-corrected chi connectivity index (χ0v) is 15.6. The van der Waals surface area contributed by atoms with Crippen LogP contribution in [0.1, 0.15) is 84.0 Å². The predicted molar refractivity (Wildman–Crippen MR) is 98.9 cm³/mol. The van der Waals surface area contributed by atoms with E-state index in [1.807, 2.05) is 6.08 Å². The van der Waals surface area contributed by atoms with Crippen LogP contribution < -0.4 is 5.73 Å². The van der Waals surface area contributed by atoms with Gasteiger partial charge in [-0.2, -0.15) is 0 Å². The van der Waals surface area contributed by atoms with Gasteiger partial charge in [-0.05, 0) is 18.9 Å². The number of carbonyl (C=O) groups is 2. The second-order valence-corrected chi connectivity index (χ2v) is 6.75. The summed E-state index contributed by atoms with van der Waals surface area (Å²) >= 11 is 0. The maximum Gasteiger partial charge on any atom is 0.509 e. The molecule has 1 fully saturated rings. The van der Waals surface area contributed by atoms with E-state index < -0.39 is 17.7 Å². The molecule has 1 saturated heterocycles. The van der Waals surface area contributed by atoms with Crippen molar-refractivity contribution >= 4 is 12.1 Å². The molecule has 1 aliphatic heterocycles. The molecular weight excluding hydrogens is 318 g/mol. The number of nitrogens with two attached hydrogens (primary N) is 1. The third-order valence-electron chi connectivity index (χ3n) is 4.56. The van der Waals surface area contributed by atoms with Crippen molar-refractivity contribution in [2.75, 3.05) is 6.61 Å². The van der Waals surface area contributed by atoms with Gasteiger partial charge in [0, 0.05) is 0 Å². The molecule has 2 N–H and O–H groups in total. The van der Waals surface area contributed by atoms with E-state index in [0.717, 1.165) is 12.8 Å². The van der Waals surface area contributed by atoms with Gasteiger partial charge < -0.3 is 15.2 Å². The standard InChI is InChI=1S/C20H34NO4/c1-2-3-4-5-6-7-8-9-10-11-12-13-14-15-20(18(21)22)16-17-24-19(23)25-20/h14-16H,2-13,17H2,1H3,(H2,21,22). The molecule has 5 heteroatoms. The minimum atomic E-state index is -1.45. The SMILES string of the molecule is CCCCCCCCCCCCCC=CC1(C(N)=O)[CH]COC(=O)O1. The number of primary amides is 1. The molecule has 143 valence electrons. The second kappa shape index (κ2) is 12.8. The summed E-state index contributed by atoms with van der Waals surface area (Å²) in [6, 6.07) is 0. The van der Waals surface area contributed by atoms with Gasteiger partial charge in [0.2, 0.25) is 5.60 Å². The zero-order chi connectivity index (χ0) is 18.4.